The first-order valence-corrected chi connectivity index (χ1v) is 13.1. The van der Waals surface area contributed by atoms with Crippen molar-refractivity contribution in [1.29, 1.82) is 0 Å². The number of hydrogen-bond donors (Lipinski definition) is 2. The molecule has 2 heterocycles. The third kappa shape index (κ3) is 5.83. The number of rotatable bonds is 10. The van der Waals surface area contributed by atoms with Gasteiger partial charge in [0.2, 0.25) is 12.3 Å². The molecule has 2 aromatic heterocycles. The summed E-state index contributed by atoms with van der Waals surface area (Å²) in [7, 11) is 0. The largest absolute Gasteiger partial charge is 0.375 e. The number of thiophene rings is 1. The third-order valence-corrected chi connectivity index (χ3v) is 8.30. The molecule has 0 spiro atoms. The van der Waals surface area contributed by atoms with Crippen LogP contribution in [0.1, 0.15) is 62.8 Å². The molecule has 0 aromatic carbocycles. The summed E-state index contributed by atoms with van der Waals surface area (Å²) in [5.74, 6) is 0.474. The number of aromatic nitrogens is 1. The first-order chi connectivity index (χ1) is 15.4. The summed E-state index contributed by atoms with van der Waals surface area (Å²) in [6.45, 7) is 2.05. The van der Waals surface area contributed by atoms with E-state index in [0.717, 1.165) is 54.1 Å². The van der Waals surface area contributed by atoms with Gasteiger partial charge in [0.1, 0.15) is 10.6 Å². The number of nitrogens with one attached hydrogen (secondary N) is 2. The Labute approximate surface area is 206 Å². The van der Waals surface area contributed by atoms with Crippen molar-refractivity contribution in [3.05, 3.63) is 38.9 Å². The molecule has 0 saturated heterocycles. The van der Waals surface area contributed by atoms with Crippen molar-refractivity contribution in [1.82, 2.24) is 10.3 Å². The number of amides is 2. The molecule has 9 heteroatoms. The van der Waals surface area contributed by atoms with Gasteiger partial charge in [0, 0.05) is 17.1 Å². The number of nitrogens with zero attached hydrogens (tertiary/aromatic N) is 2. The lowest BCUT2D eigenvalue weighted by Gasteiger charge is -2.28. The summed E-state index contributed by atoms with van der Waals surface area (Å²) in [6, 6.07) is 5.55. The summed E-state index contributed by atoms with van der Waals surface area (Å²) in [4.78, 5) is 32.2. The van der Waals surface area contributed by atoms with Gasteiger partial charge in [-0.2, -0.15) is 0 Å². The molecule has 0 aliphatic heterocycles. The molecule has 2 N–H and O–H groups in total. The van der Waals surface area contributed by atoms with Crippen LogP contribution in [0.25, 0.3) is 0 Å². The van der Waals surface area contributed by atoms with Crippen molar-refractivity contribution in [2.75, 3.05) is 10.2 Å². The van der Waals surface area contributed by atoms with Crippen molar-refractivity contribution in [2.24, 2.45) is 5.92 Å². The molecule has 2 aliphatic carbocycles. The zero-order chi connectivity index (χ0) is 22.7. The molecule has 0 unspecified atom stereocenters. The predicted molar refractivity (Wildman–Crippen MR) is 133 cm³/mol. The molecular formula is C23H28BrClN4O2S. The fourth-order valence-electron chi connectivity index (χ4n) is 4.25. The zero-order valence-electron chi connectivity index (χ0n) is 18.0. The Kier molecular flexibility index (Phi) is 7.74. The van der Waals surface area contributed by atoms with Crippen molar-refractivity contribution in [3.63, 3.8) is 0 Å². The van der Waals surface area contributed by atoms with Gasteiger partial charge in [0.05, 0.1) is 21.8 Å². The molecule has 2 aliphatic rings. The topological polar surface area (TPSA) is 74.3 Å². The Morgan fingerprint density at radius 1 is 1.34 bits per heavy atom. The van der Waals surface area contributed by atoms with Crippen LogP contribution in [0.3, 0.4) is 0 Å². The van der Waals surface area contributed by atoms with Crippen LogP contribution >= 0.6 is 38.9 Å². The SMILES string of the molecule is C[C@H](Nc1cc(Cl)cnc1Br)c1ccc(N(C=O)[C@@H](CC2CCCC2)C(=O)NC2CC2)s1. The summed E-state index contributed by atoms with van der Waals surface area (Å²) in [6.07, 6.45) is 9.89. The van der Waals surface area contributed by atoms with Crippen molar-refractivity contribution in [2.45, 2.75) is 70.0 Å². The van der Waals surface area contributed by atoms with E-state index in [-0.39, 0.29) is 18.0 Å². The molecule has 2 fully saturated rings. The van der Waals surface area contributed by atoms with Gasteiger partial charge >= 0.3 is 0 Å². The van der Waals surface area contributed by atoms with Gasteiger partial charge < -0.3 is 10.6 Å². The minimum atomic E-state index is -0.461. The van der Waals surface area contributed by atoms with E-state index in [2.05, 4.69) is 31.5 Å². The van der Waals surface area contributed by atoms with Crippen LogP contribution in [0.5, 0.6) is 0 Å². The molecule has 0 radical (unpaired) electrons. The lowest BCUT2D eigenvalue weighted by atomic mass is 9.97. The maximum absolute atomic E-state index is 13.1. The van der Waals surface area contributed by atoms with E-state index in [0.29, 0.717) is 15.5 Å². The van der Waals surface area contributed by atoms with E-state index in [1.54, 1.807) is 11.1 Å². The highest BCUT2D eigenvalue weighted by Crippen LogP contribution is 2.36. The molecule has 4 rings (SSSR count). The van der Waals surface area contributed by atoms with Gasteiger partial charge in [0.25, 0.3) is 0 Å². The number of pyridine rings is 1. The monoisotopic (exact) mass is 538 g/mol. The Balaban J connectivity index is 1.51. The number of anilines is 2. The molecule has 2 atom stereocenters. The Morgan fingerprint density at radius 2 is 2.09 bits per heavy atom. The molecule has 0 bridgehead atoms. The van der Waals surface area contributed by atoms with Crippen molar-refractivity contribution >= 4 is 61.9 Å². The quantitative estimate of drug-likeness (QED) is 0.290. The van der Waals surface area contributed by atoms with E-state index < -0.39 is 6.04 Å². The predicted octanol–water partition coefficient (Wildman–Crippen LogP) is 5.92. The van der Waals surface area contributed by atoms with Gasteiger partial charge in [-0.25, -0.2) is 4.98 Å². The second kappa shape index (κ2) is 10.5. The molecule has 2 saturated carbocycles. The minimum Gasteiger partial charge on any atom is -0.375 e. The van der Waals surface area contributed by atoms with Crippen LogP contribution in [-0.2, 0) is 9.59 Å². The van der Waals surface area contributed by atoms with E-state index in [1.807, 2.05) is 25.1 Å². The Bertz CT molecular complexity index is 961. The van der Waals surface area contributed by atoms with E-state index in [4.69, 9.17) is 11.6 Å². The van der Waals surface area contributed by atoms with Crippen LogP contribution in [-0.4, -0.2) is 29.4 Å². The van der Waals surface area contributed by atoms with Gasteiger partial charge in [-0.3, -0.25) is 14.5 Å². The second-order valence-electron chi connectivity index (χ2n) is 8.73. The Hall–Kier alpha value is -1.64. The summed E-state index contributed by atoms with van der Waals surface area (Å²) < 4.78 is 0.688. The maximum Gasteiger partial charge on any atom is 0.243 e. The van der Waals surface area contributed by atoms with Gasteiger partial charge in [0.15, 0.2) is 0 Å². The zero-order valence-corrected chi connectivity index (χ0v) is 21.2. The average molecular weight is 540 g/mol. The van der Waals surface area contributed by atoms with E-state index >= 15 is 0 Å². The second-order valence-corrected chi connectivity index (χ2v) is 11.0. The fourth-order valence-corrected chi connectivity index (χ4v) is 5.77. The van der Waals surface area contributed by atoms with Crippen LogP contribution in [0.2, 0.25) is 5.02 Å². The van der Waals surface area contributed by atoms with Gasteiger partial charge in [-0.05, 0) is 66.2 Å². The van der Waals surface area contributed by atoms with Crippen molar-refractivity contribution in [3.8, 4) is 0 Å². The highest BCUT2D eigenvalue weighted by Gasteiger charge is 2.34. The first kappa shape index (κ1) is 23.5. The molecule has 172 valence electrons. The maximum atomic E-state index is 13.1. The van der Waals surface area contributed by atoms with Gasteiger partial charge in [-0.15, -0.1) is 11.3 Å². The van der Waals surface area contributed by atoms with Crippen LogP contribution < -0.4 is 15.5 Å². The van der Waals surface area contributed by atoms with Crippen LogP contribution in [0.4, 0.5) is 10.7 Å². The normalized spacial score (nSPS) is 18.2. The molecule has 2 amide bonds. The lowest BCUT2D eigenvalue weighted by Crippen LogP contribution is -2.48. The minimum absolute atomic E-state index is 0.0209. The highest BCUT2D eigenvalue weighted by atomic mass is 79.9. The third-order valence-electron chi connectivity index (χ3n) is 6.18. The highest BCUT2D eigenvalue weighted by molar-refractivity contribution is 9.10. The molecular weight excluding hydrogens is 512 g/mol. The number of hydrogen-bond acceptors (Lipinski definition) is 5. The van der Waals surface area contributed by atoms with Crippen LogP contribution in [0, 0.1) is 5.92 Å². The number of halogens is 2. The molecule has 6 nitrogen and oxygen atoms in total. The summed E-state index contributed by atoms with van der Waals surface area (Å²) >= 11 is 11.1. The number of carbonyl (C=O) groups is 2. The standard InChI is InChI=1S/C23H28BrClN4O2S/c1-14(27-18-11-16(25)12-26-22(18)24)20-8-9-21(32-20)29(13-30)19(10-15-4-2-3-5-15)23(31)28-17-6-7-17/h8-9,11-15,17,19,27H,2-7,10H2,1H3,(H,28,31)/t14-,19-/m0/s1. The van der Waals surface area contributed by atoms with Crippen LogP contribution in [0.15, 0.2) is 29.0 Å². The lowest BCUT2D eigenvalue weighted by molar-refractivity contribution is -0.124. The van der Waals surface area contributed by atoms with Crippen molar-refractivity contribution < 1.29 is 9.59 Å². The Morgan fingerprint density at radius 3 is 2.78 bits per heavy atom. The smallest absolute Gasteiger partial charge is 0.243 e. The summed E-state index contributed by atoms with van der Waals surface area (Å²) in [5.41, 5.74) is 0.801. The average Bonchev–Trinajstić information content (AvgIpc) is 3.23. The summed E-state index contributed by atoms with van der Waals surface area (Å²) in [5, 5.41) is 7.87. The first-order valence-electron chi connectivity index (χ1n) is 11.2. The van der Waals surface area contributed by atoms with E-state index in [1.165, 1.54) is 24.2 Å². The fraction of sp³-hybridized carbons (Fsp3) is 0.522. The number of carbonyl (C=O) groups excluding carboxylic acids is 2. The van der Waals surface area contributed by atoms with E-state index in [9.17, 15) is 9.59 Å². The molecule has 2 aromatic rings. The van der Waals surface area contributed by atoms with Gasteiger partial charge in [-0.1, -0.05) is 37.3 Å². The molecule has 32 heavy (non-hydrogen) atoms.